The van der Waals surface area contributed by atoms with Crippen molar-refractivity contribution >= 4 is 70.2 Å². The molecule has 9 heteroatoms. The molecule has 0 unspecified atom stereocenters. The van der Waals surface area contributed by atoms with Crippen molar-refractivity contribution in [2.75, 3.05) is 18.0 Å². The predicted molar refractivity (Wildman–Crippen MR) is 179 cm³/mol. The number of hydrogen-bond acceptors (Lipinski definition) is 4. The molecule has 1 heterocycles. The average molecular weight is 609 g/mol. The second-order valence-electron chi connectivity index (χ2n) is 9.95. The van der Waals surface area contributed by atoms with Crippen molar-refractivity contribution in [3.63, 3.8) is 0 Å². The van der Waals surface area contributed by atoms with Gasteiger partial charge in [-0.1, -0.05) is 66.8 Å². The van der Waals surface area contributed by atoms with Crippen LogP contribution in [0.15, 0.2) is 91.0 Å². The highest BCUT2D eigenvalue weighted by Gasteiger charge is 2.21. The van der Waals surface area contributed by atoms with Gasteiger partial charge in [0.15, 0.2) is 0 Å². The summed E-state index contributed by atoms with van der Waals surface area (Å²) in [6, 6.07) is 30.4. The van der Waals surface area contributed by atoms with E-state index >= 15 is 0 Å². The summed E-state index contributed by atoms with van der Waals surface area (Å²) in [6.07, 6.45) is 1.98. The number of ether oxygens (including phenoxy) is 1. The van der Waals surface area contributed by atoms with E-state index in [0.29, 0.717) is 17.9 Å². The van der Waals surface area contributed by atoms with Crippen molar-refractivity contribution in [3.8, 4) is 5.75 Å². The van der Waals surface area contributed by atoms with Crippen molar-refractivity contribution in [3.05, 3.63) is 108 Å². The van der Waals surface area contributed by atoms with Crippen LogP contribution >= 0.6 is 37.0 Å². The number of rotatable bonds is 7. The van der Waals surface area contributed by atoms with Crippen molar-refractivity contribution in [2.24, 2.45) is 5.73 Å². The average Bonchev–Trinajstić information content (AvgIpc) is 2.96. The van der Waals surface area contributed by atoms with E-state index in [9.17, 15) is 0 Å². The van der Waals surface area contributed by atoms with Crippen LogP contribution in [-0.4, -0.2) is 40.8 Å². The van der Waals surface area contributed by atoms with Crippen LogP contribution < -0.4 is 15.4 Å². The summed E-state index contributed by atoms with van der Waals surface area (Å²) in [7, 11) is 0. The molecule has 0 atom stereocenters. The van der Waals surface area contributed by atoms with E-state index in [-0.39, 0.29) is 36.8 Å². The Morgan fingerprint density at radius 2 is 1.54 bits per heavy atom. The highest BCUT2D eigenvalue weighted by Crippen LogP contribution is 2.27. The second-order valence-corrected chi connectivity index (χ2v) is 10.3. The molecule has 0 aliphatic carbocycles. The van der Waals surface area contributed by atoms with Crippen LogP contribution in [0.25, 0.3) is 10.8 Å². The summed E-state index contributed by atoms with van der Waals surface area (Å²) in [4.78, 5) is 4.99. The Bertz CT molecular complexity index is 1510. The first-order chi connectivity index (χ1) is 18.9. The van der Waals surface area contributed by atoms with Crippen LogP contribution in [0.5, 0.6) is 5.75 Å². The number of likely N-dealkylation sites (tertiary alicyclic amines) is 1. The number of amidine groups is 2. The van der Waals surface area contributed by atoms with E-state index in [1.54, 1.807) is 0 Å². The standard InChI is InChI=1S/C32H33N5OS.2ClH/c1-22(33)36-17-15-30(16-18-36)38-29-13-11-28(12-14-29)37(32(39)25-5-3-2-4-6-25)21-23-7-8-24-9-10-26(31(34)35)20-27(24)19-23;;/h2-14,19-20,30,33H,15-18,21H2,1H3,(H3,34,35);2*1H. The molecule has 4 N–H and O–H groups in total. The summed E-state index contributed by atoms with van der Waals surface area (Å²) in [5.41, 5.74) is 9.53. The van der Waals surface area contributed by atoms with Crippen LogP contribution in [0.4, 0.5) is 5.69 Å². The van der Waals surface area contributed by atoms with Crippen molar-refractivity contribution in [2.45, 2.75) is 32.4 Å². The van der Waals surface area contributed by atoms with Gasteiger partial charge >= 0.3 is 0 Å². The van der Waals surface area contributed by atoms with E-state index < -0.39 is 0 Å². The summed E-state index contributed by atoms with van der Waals surface area (Å²) < 4.78 is 6.28. The minimum absolute atomic E-state index is 0. The molecule has 6 nitrogen and oxygen atoms in total. The minimum Gasteiger partial charge on any atom is -0.490 e. The quantitative estimate of drug-likeness (QED) is 0.117. The first-order valence-electron chi connectivity index (χ1n) is 13.2. The van der Waals surface area contributed by atoms with Crippen molar-refractivity contribution < 1.29 is 4.74 Å². The zero-order valence-corrected chi connectivity index (χ0v) is 25.3. The van der Waals surface area contributed by atoms with E-state index in [1.165, 1.54) is 0 Å². The Hall–Kier alpha value is -3.65. The van der Waals surface area contributed by atoms with E-state index in [1.807, 2.05) is 67.6 Å². The summed E-state index contributed by atoms with van der Waals surface area (Å²) >= 11 is 6.00. The molecule has 4 aromatic carbocycles. The Balaban J connectivity index is 0.00000231. The molecule has 0 saturated carbocycles. The molecule has 0 spiro atoms. The molecular weight excluding hydrogens is 573 g/mol. The van der Waals surface area contributed by atoms with E-state index in [2.05, 4.69) is 40.1 Å². The van der Waals surface area contributed by atoms with Gasteiger partial charge in [-0.2, -0.15) is 0 Å². The zero-order chi connectivity index (χ0) is 27.4. The summed E-state index contributed by atoms with van der Waals surface area (Å²) in [6.45, 7) is 4.15. The lowest BCUT2D eigenvalue weighted by Gasteiger charge is -2.33. The molecule has 0 bridgehead atoms. The zero-order valence-electron chi connectivity index (χ0n) is 22.9. The topological polar surface area (TPSA) is 89.4 Å². The van der Waals surface area contributed by atoms with Gasteiger partial charge in [0.05, 0.1) is 5.84 Å². The molecule has 214 valence electrons. The van der Waals surface area contributed by atoms with Crippen LogP contribution in [0.3, 0.4) is 0 Å². The number of thiocarbonyl (C=S) groups is 1. The number of fused-ring (bicyclic) bond motifs is 1. The molecule has 5 rings (SSSR count). The SMILES string of the molecule is CC(=N)N1CCC(Oc2ccc(N(Cc3ccc4ccc(C(=N)N)cc4c3)C(=S)c3ccccc3)cc2)CC1.Cl.Cl. The van der Waals surface area contributed by atoms with Crippen molar-refractivity contribution in [1.29, 1.82) is 10.8 Å². The summed E-state index contributed by atoms with van der Waals surface area (Å²) in [5.74, 6) is 1.53. The Morgan fingerprint density at radius 3 is 2.17 bits per heavy atom. The van der Waals surface area contributed by atoms with Gasteiger partial charge in [-0.05, 0) is 59.7 Å². The second kappa shape index (κ2) is 14.3. The maximum atomic E-state index is 7.84. The number of nitrogens with one attached hydrogen (secondary N) is 2. The molecule has 1 aliphatic rings. The monoisotopic (exact) mass is 607 g/mol. The van der Waals surface area contributed by atoms with Gasteiger partial charge in [0.1, 0.15) is 22.7 Å². The van der Waals surface area contributed by atoms with Gasteiger partial charge < -0.3 is 20.3 Å². The first kappa shape index (κ1) is 31.9. The fourth-order valence-electron chi connectivity index (χ4n) is 4.97. The molecule has 1 fully saturated rings. The van der Waals surface area contributed by atoms with Gasteiger partial charge in [-0.3, -0.25) is 10.8 Å². The lowest BCUT2D eigenvalue weighted by molar-refractivity contribution is 0.130. The van der Waals surface area contributed by atoms with Gasteiger partial charge in [0, 0.05) is 49.3 Å². The number of anilines is 1. The van der Waals surface area contributed by atoms with Crippen molar-refractivity contribution in [1.82, 2.24) is 4.90 Å². The fraction of sp³-hybridized carbons (Fsp3) is 0.219. The Labute approximate surface area is 259 Å². The lowest BCUT2D eigenvalue weighted by atomic mass is 10.0. The fourth-order valence-corrected chi connectivity index (χ4v) is 5.27. The molecule has 0 aromatic heterocycles. The maximum Gasteiger partial charge on any atom is 0.122 e. The molecule has 1 saturated heterocycles. The van der Waals surface area contributed by atoms with Crippen LogP contribution in [0.2, 0.25) is 0 Å². The number of halogens is 2. The molecule has 41 heavy (non-hydrogen) atoms. The number of benzene rings is 4. The number of nitrogen functional groups attached to an aromatic ring is 1. The highest BCUT2D eigenvalue weighted by molar-refractivity contribution is 7.81. The van der Waals surface area contributed by atoms with Crippen LogP contribution in [0, 0.1) is 10.8 Å². The highest BCUT2D eigenvalue weighted by atomic mass is 35.5. The maximum absolute atomic E-state index is 7.84. The predicted octanol–water partition coefficient (Wildman–Crippen LogP) is 7.19. The third-order valence-corrected chi connectivity index (χ3v) is 7.65. The van der Waals surface area contributed by atoms with Gasteiger partial charge in [-0.25, -0.2) is 0 Å². The van der Waals surface area contributed by atoms with Gasteiger partial charge in [0.2, 0.25) is 0 Å². The Morgan fingerprint density at radius 1 is 0.878 bits per heavy atom. The normalized spacial score (nSPS) is 13.0. The third-order valence-electron chi connectivity index (χ3n) is 7.19. The first-order valence-corrected chi connectivity index (χ1v) is 13.6. The molecule has 0 radical (unpaired) electrons. The minimum atomic E-state index is 0. The largest absolute Gasteiger partial charge is 0.490 e. The number of nitrogens with zero attached hydrogens (tertiary/aromatic N) is 2. The molecular formula is C32H35Cl2N5OS. The molecule has 4 aromatic rings. The van der Waals surface area contributed by atoms with Crippen LogP contribution in [0.1, 0.15) is 36.5 Å². The summed E-state index contributed by atoms with van der Waals surface area (Å²) in [5, 5.41) is 17.8. The van der Waals surface area contributed by atoms with Gasteiger partial charge in [0.25, 0.3) is 0 Å². The number of hydrogen-bond donors (Lipinski definition) is 3. The van der Waals surface area contributed by atoms with Crippen LogP contribution in [-0.2, 0) is 6.54 Å². The number of nitrogens with two attached hydrogens (primary N) is 1. The Kier molecular flexibility index (Phi) is 11.1. The number of piperidine rings is 1. The van der Waals surface area contributed by atoms with E-state index in [4.69, 9.17) is 33.5 Å². The van der Waals surface area contributed by atoms with Gasteiger partial charge in [-0.15, -0.1) is 24.8 Å². The lowest BCUT2D eigenvalue weighted by Crippen LogP contribution is -2.40. The molecule has 0 amide bonds. The molecule has 1 aliphatic heterocycles. The van der Waals surface area contributed by atoms with E-state index in [0.717, 1.165) is 64.3 Å². The third kappa shape index (κ3) is 7.76. The smallest absolute Gasteiger partial charge is 0.122 e.